The molecule has 6 heteroatoms. The lowest BCUT2D eigenvalue weighted by Crippen LogP contribution is -2.18. The van der Waals surface area contributed by atoms with E-state index in [4.69, 9.17) is 4.42 Å². The number of aryl methyl sites for hydroxylation is 1. The second-order valence-corrected chi connectivity index (χ2v) is 4.92. The molecule has 0 saturated heterocycles. The molecule has 21 heavy (non-hydrogen) atoms. The van der Waals surface area contributed by atoms with E-state index < -0.39 is 0 Å². The number of oxazole rings is 1. The lowest BCUT2D eigenvalue weighted by atomic mass is 10.1. The minimum atomic E-state index is 0.0374. The third kappa shape index (κ3) is 3.00. The highest BCUT2D eigenvalue weighted by Gasteiger charge is 2.13. The fraction of sp³-hybridized carbons (Fsp3) is 0.267. The zero-order valence-corrected chi connectivity index (χ0v) is 12.0. The first-order valence-corrected chi connectivity index (χ1v) is 6.82. The Hall–Kier alpha value is -2.47. The minimum absolute atomic E-state index is 0.0374. The van der Waals surface area contributed by atoms with Crippen LogP contribution in [-0.2, 0) is 6.54 Å². The maximum Gasteiger partial charge on any atom is 0.211 e. The van der Waals surface area contributed by atoms with Gasteiger partial charge in [-0.1, -0.05) is 0 Å². The van der Waals surface area contributed by atoms with Crippen molar-refractivity contribution in [2.75, 3.05) is 0 Å². The number of hydrogen-bond acceptors (Lipinski definition) is 5. The number of rotatable bonds is 5. The van der Waals surface area contributed by atoms with Crippen molar-refractivity contribution in [3.63, 3.8) is 0 Å². The van der Waals surface area contributed by atoms with E-state index in [0.29, 0.717) is 12.4 Å². The van der Waals surface area contributed by atoms with Crippen LogP contribution in [0, 0.1) is 6.92 Å². The smallest absolute Gasteiger partial charge is 0.211 e. The van der Waals surface area contributed by atoms with E-state index in [9.17, 15) is 0 Å². The van der Waals surface area contributed by atoms with Crippen LogP contribution < -0.4 is 5.32 Å². The van der Waals surface area contributed by atoms with Crippen molar-refractivity contribution in [1.82, 2.24) is 25.5 Å². The van der Waals surface area contributed by atoms with Crippen LogP contribution in [0.1, 0.15) is 30.2 Å². The van der Waals surface area contributed by atoms with Crippen LogP contribution in [0.15, 0.2) is 41.3 Å². The number of aromatic amines is 1. The number of nitrogens with one attached hydrogen (secondary N) is 2. The summed E-state index contributed by atoms with van der Waals surface area (Å²) in [6.07, 6.45) is 7.12. The van der Waals surface area contributed by atoms with Crippen LogP contribution in [-0.4, -0.2) is 20.2 Å². The van der Waals surface area contributed by atoms with E-state index in [0.717, 1.165) is 22.6 Å². The number of hydrogen-bond donors (Lipinski definition) is 2. The zero-order valence-electron chi connectivity index (χ0n) is 12.0. The monoisotopic (exact) mass is 283 g/mol. The van der Waals surface area contributed by atoms with Gasteiger partial charge in [0.05, 0.1) is 24.1 Å². The lowest BCUT2D eigenvalue weighted by molar-refractivity contribution is 0.402. The van der Waals surface area contributed by atoms with Gasteiger partial charge in [0.25, 0.3) is 0 Å². The normalized spacial score (nSPS) is 12.5. The maximum atomic E-state index is 5.52. The van der Waals surface area contributed by atoms with Crippen LogP contribution in [0.3, 0.4) is 0 Å². The number of H-pyrrole nitrogens is 1. The van der Waals surface area contributed by atoms with Crippen LogP contribution >= 0.6 is 0 Å². The van der Waals surface area contributed by atoms with Gasteiger partial charge in [-0.2, -0.15) is 5.10 Å². The SMILES string of the molecule is Cc1cnc(C(C)NCc2cn[nH]c2-c2cccnc2)o1. The molecule has 6 nitrogen and oxygen atoms in total. The maximum absolute atomic E-state index is 5.52. The van der Waals surface area contributed by atoms with Crippen LogP contribution in [0.5, 0.6) is 0 Å². The standard InChI is InChI=1S/C15H17N5O/c1-10-6-18-15(21-10)11(2)17-8-13-9-19-20-14(13)12-4-3-5-16-7-12/h3-7,9,11,17H,8H2,1-2H3,(H,19,20). The fourth-order valence-corrected chi connectivity index (χ4v) is 2.13. The van der Waals surface area contributed by atoms with Gasteiger partial charge in [-0.15, -0.1) is 0 Å². The number of pyridine rings is 1. The molecular formula is C15H17N5O. The predicted molar refractivity (Wildman–Crippen MR) is 78.3 cm³/mol. The van der Waals surface area contributed by atoms with E-state index in [2.05, 4.69) is 25.5 Å². The summed E-state index contributed by atoms with van der Waals surface area (Å²) in [5.41, 5.74) is 3.08. The van der Waals surface area contributed by atoms with Crippen LogP contribution in [0.2, 0.25) is 0 Å². The molecule has 108 valence electrons. The fourth-order valence-electron chi connectivity index (χ4n) is 2.13. The Balaban J connectivity index is 1.70. The lowest BCUT2D eigenvalue weighted by Gasteiger charge is -2.10. The molecule has 0 spiro atoms. The first-order chi connectivity index (χ1) is 10.2. The Labute approximate surface area is 122 Å². The molecule has 0 radical (unpaired) electrons. The summed E-state index contributed by atoms with van der Waals surface area (Å²) >= 11 is 0. The molecule has 0 aromatic carbocycles. The molecule has 1 atom stereocenters. The zero-order chi connectivity index (χ0) is 14.7. The van der Waals surface area contributed by atoms with Gasteiger partial charge >= 0.3 is 0 Å². The summed E-state index contributed by atoms with van der Waals surface area (Å²) in [5.74, 6) is 1.51. The summed E-state index contributed by atoms with van der Waals surface area (Å²) in [6, 6.07) is 3.95. The largest absolute Gasteiger partial charge is 0.444 e. The third-order valence-corrected chi connectivity index (χ3v) is 3.28. The molecule has 1 unspecified atom stereocenters. The number of aromatic nitrogens is 4. The molecule has 3 aromatic heterocycles. The van der Waals surface area contributed by atoms with Gasteiger partial charge in [0.1, 0.15) is 5.76 Å². The molecule has 0 aliphatic carbocycles. The summed E-state index contributed by atoms with van der Waals surface area (Å²) in [5, 5.41) is 10.5. The van der Waals surface area contributed by atoms with Gasteiger partial charge in [0.2, 0.25) is 5.89 Å². The van der Waals surface area contributed by atoms with Crippen molar-refractivity contribution in [2.45, 2.75) is 26.4 Å². The Morgan fingerprint density at radius 2 is 2.24 bits per heavy atom. The van der Waals surface area contributed by atoms with Crippen molar-refractivity contribution >= 4 is 0 Å². The van der Waals surface area contributed by atoms with Crippen molar-refractivity contribution in [1.29, 1.82) is 0 Å². The van der Waals surface area contributed by atoms with Gasteiger partial charge in [0.15, 0.2) is 0 Å². The Kier molecular flexibility index (Phi) is 3.79. The Bertz CT molecular complexity index is 704. The van der Waals surface area contributed by atoms with E-state index in [-0.39, 0.29) is 6.04 Å². The van der Waals surface area contributed by atoms with Crippen molar-refractivity contribution in [3.05, 3.63) is 54.1 Å². The topological polar surface area (TPSA) is 79.6 Å². The second kappa shape index (κ2) is 5.88. The van der Waals surface area contributed by atoms with E-state index >= 15 is 0 Å². The molecule has 0 aliphatic rings. The van der Waals surface area contributed by atoms with E-state index in [1.807, 2.05) is 38.4 Å². The Morgan fingerprint density at radius 3 is 2.95 bits per heavy atom. The van der Waals surface area contributed by atoms with Crippen molar-refractivity contribution < 1.29 is 4.42 Å². The summed E-state index contributed by atoms with van der Waals surface area (Å²) in [7, 11) is 0. The van der Waals surface area contributed by atoms with E-state index in [1.165, 1.54) is 0 Å². The van der Waals surface area contributed by atoms with Crippen LogP contribution in [0.4, 0.5) is 0 Å². The van der Waals surface area contributed by atoms with Gasteiger partial charge in [-0.25, -0.2) is 4.98 Å². The quantitative estimate of drug-likeness (QED) is 0.752. The average Bonchev–Trinajstić information content (AvgIpc) is 3.14. The number of nitrogens with zero attached hydrogens (tertiary/aromatic N) is 3. The molecule has 3 aromatic rings. The predicted octanol–water partition coefficient (Wildman–Crippen LogP) is 2.62. The summed E-state index contributed by atoms with van der Waals surface area (Å²) < 4.78 is 5.52. The average molecular weight is 283 g/mol. The molecule has 0 saturated carbocycles. The molecule has 2 N–H and O–H groups in total. The molecule has 0 amide bonds. The first-order valence-electron chi connectivity index (χ1n) is 6.82. The van der Waals surface area contributed by atoms with Crippen molar-refractivity contribution in [2.24, 2.45) is 0 Å². The molecule has 0 aliphatic heterocycles. The Morgan fingerprint density at radius 1 is 1.33 bits per heavy atom. The van der Waals surface area contributed by atoms with Gasteiger partial charge in [-0.3, -0.25) is 10.1 Å². The first kappa shape index (κ1) is 13.5. The highest BCUT2D eigenvalue weighted by molar-refractivity contribution is 5.61. The molecular weight excluding hydrogens is 266 g/mol. The molecule has 3 rings (SSSR count). The molecule has 0 bridgehead atoms. The minimum Gasteiger partial charge on any atom is -0.444 e. The highest BCUT2D eigenvalue weighted by Crippen LogP contribution is 2.20. The van der Waals surface area contributed by atoms with E-state index in [1.54, 1.807) is 12.4 Å². The van der Waals surface area contributed by atoms with Crippen molar-refractivity contribution in [3.8, 4) is 11.3 Å². The second-order valence-electron chi connectivity index (χ2n) is 4.92. The van der Waals surface area contributed by atoms with Gasteiger partial charge < -0.3 is 9.73 Å². The van der Waals surface area contributed by atoms with Gasteiger partial charge in [0, 0.05) is 30.1 Å². The van der Waals surface area contributed by atoms with Gasteiger partial charge in [-0.05, 0) is 26.0 Å². The summed E-state index contributed by atoms with van der Waals surface area (Å²) in [4.78, 5) is 8.37. The molecule has 0 fully saturated rings. The third-order valence-electron chi connectivity index (χ3n) is 3.28. The molecule has 3 heterocycles. The highest BCUT2D eigenvalue weighted by atomic mass is 16.4. The summed E-state index contributed by atoms with van der Waals surface area (Å²) in [6.45, 7) is 4.58. The van der Waals surface area contributed by atoms with Crippen LogP contribution in [0.25, 0.3) is 11.3 Å².